The Bertz CT molecular complexity index is 969. The second-order valence-corrected chi connectivity index (χ2v) is 6.98. The van der Waals surface area contributed by atoms with Crippen LogP contribution >= 0.6 is 0 Å². The zero-order valence-electron chi connectivity index (χ0n) is 15.7. The van der Waals surface area contributed by atoms with E-state index in [1.54, 1.807) is 0 Å². The van der Waals surface area contributed by atoms with Crippen molar-refractivity contribution in [2.75, 3.05) is 18.1 Å². The number of nitrogens with zero attached hydrogens (tertiary/aromatic N) is 1. The molecule has 28 heavy (non-hydrogen) atoms. The SMILES string of the molecule is O=C1COCc2ccc(-c3cccc(CO)c3)cc2N1CCc1ccccc1. The summed E-state index contributed by atoms with van der Waals surface area (Å²) in [5, 5.41) is 9.42. The third kappa shape index (κ3) is 3.98. The molecule has 1 aliphatic rings. The van der Waals surface area contributed by atoms with Crippen molar-refractivity contribution in [1.82, 2.24) is 0 Å². The second kappa shape index (κ2) is 8.38. The number of ether oxygens (including phenoxy) is 1. The molecule has 1 aliphatic heterocycles. The number of benzene rings is 3. The molecular formula is C24H23NO3. The monoisotopic (exact) mass is 373 g/mol. The van der Waals surface area contributed by atoms with Crippen LogP contribution in [-0.4, -0.2) is 24.2 Å². The number of fused-ring (bicyclic) bond motifs is 1. The van der Waals surface area contributed by atoms with Gasteiger partial charge in [0.2, 0.25) is 0 Å². The van der Waals surface area contributed by atoms with E-state index >= 15 is 0 Å². The summed E-state index contributed by atoms with van der Waals surface area (Å²) in [7, 11) is 0. The van der Waals surface area contributed by atoms with Gasteiger partial charge in [-0.15, -0.1) is 0 Å². The molecule has 0 aromatic heterocycles. The number of carbonyl (C=O) groups excluding carboxylic acids is 1. The molecule has 3 aromatic carbocycles. The highest BCUT2D eigenvalue weighted by molar-refractivity contribution is 5.96. The number of aliphatic hydroxyl groups is 1. The highest BCUT2D eigenvalue weighted by atomic mass is 16.5. The maximum atomic E-state index is 12.7. The van der Waals surface area contributed by atoms with Crippen molar-refractivity contribution >= 4 is 11.6 Å². The van der Waals surface area contributed by atoms with Crippen LogP contribution in [0.25, 0.3) is 11.1 Å². The number of rotatable bonds is 5. The maximum absolute atomic E-state index is 12.7. The maximum Gasteiger partial charge on any atom is 0.253 e. The third-order valence-corrected chi connectivity index (χ3v) is 5.07. The van der Waals surface area contributed by atoms with Crippen LogP contribution in [0.1, 0.15) is 16.7 Å². The van der Waals surface area contributed by atoms with Gasteiger partial charge in [-0.05, 0) is 40.8 Å². The Morgan fingerprint density at radius 1 is 0.857 bits per heavy atom. The third-order valence-electron chi connectivity index (χ3n) is 5.07. The Hall–Kier alpha value is -2.95. The number of anilines is 1. The summed E-state index contributed by atoms with van der Waals surface area (Å²) in [5.41, 5.74) is 6.04. The predicted octanol–water partition coefficient (Wildman–Crippen LogP) is 3.95. The molecule has 0 radical (unpaired) electrons. The van der Waals surface area contributed by atoms with Crippen LogP contribution in [0.4, 0.5) is 5.69 Å². The molecule has 142 valence electrons. The lowest BCUT2D eigenvalue weighted by molar-refractivity contribution is -0.123. The van der Waals surface area contributed by atoms with E-state index in [0.717, 1.165) is 34.4 Å². The van der Waals surface area contributed by atoms with Crippen LogP contribution < -0.4 is 4.90 Å². The first-order valence-corrected chi connectivity index (χ1v) is 9.50. The summed E-state index contributed by atoms with van der Waals surface area (Å²) in [6, 6.07) is 24.2. The molecule has 0 atom stereocenters. The number of hydrogen-bond donors (Lipinski definition) is 1. The molecule has 4 rings (SSSR count). The summed E-state index contributed by atoms with van der Waals surface area (Å²) in [5.74, 6) is -0.0176. The number of carbonyl (C=O) groups is 1. The standard InChI is InChI=1S/C24H23NO3/c26-15-19-7-4-8-20(13-19)21-9-10-22-16-28-17-24(27)25(23(22)14-21)12-11-18-5-2-1-3-6-18/h1-10,13-14,26H,11-12,15-17H2. The molecule has 0 aliphatic carbocycles. The zero-order chi connectivity index (χ0) is 19.3. The Balaban J connectivity index is 1.67. The molecule has 3 aromatic rings. The summed E-state index contributed by atoms with van der Waals surface area (Å²) < 4.78 is 5.57. The second-order valence-electron chi connectivity index (χ2n) is 6.98. The summed E-state index contributed by atoms with van der Waals surface area (Å²) in [6.07, 6.45) is 0.788. The molecule has 0 saturated carbocycles. The van der Waals surface area contributed by atoms with Gasteiger partial charge in [0.25, 0.3) is 5.91 Å². The van der Waals surface area contributed by atoms with Crippen LogP contribution in [0.2, 0.25) is 0 Å². The Morgan fingerprint density at radius 2 is 1.64 bits per heavy atom. The van der Waals surface area contributed by atoms with Crippen molar-refractivity contribution in [1.29, 1.82) is 0 Å². The topological polar surface area (TPSA) is 49.8 Å². The largest absolute Gasteiger partial charge is 0.392 e. The Kier molecular flexibility index (Phi) is 5.51. The lowest BCUT2D eigenvalue weighted by Crippen LogP contribution is -2.34. The molecule has 0 saturated heterocycles. The van der Waals surface area contributed by atoms with Crippen molar-refractivity contribution < 1.29 is 14.6 Å². The highest BCUT2D eigenvalue weighted by Gasteiger charge is 2.23. The fourth-order valence-corrected chi connectivity index (χ4v) is 3.56. The number of amides is 1. The zero-order valence-corrected chi connectivity index (χ0v) is 15.7. The first-order chi connectivity index (χ1) is 13.7. The minimum absolute atomic E-state index is 0.00824. The molecule has 4 heteroatoms. The molecule has 4 nitrogen and oxygen atoms in total. The van der Waals surface area contributed by atoms with Crippen molar-refractivity contribution in [3.63, 3.8) is 0 Å². The van der Waals surface area contributed by atoms with Gasteiger partial charge in [0.1, 0.15) is 6.61 Å². The van der Waals surface area contributed by atoms with Gasteiger partial charge in [-0.3, -0.25) is 4.79 Å². The van der Waals surface area contributed by atoms with Gasteiger partial charge < -0.3 is 14.7 Å². The summed E-state index contributed by atoms with van der Waals surface area (Å²) >= 11 is 0. The van der Waals surface area contributed by atoms with E-state index in [9.17, 15) is 9.90 Å². The lowest BCUT2D eigenvalue weighted by atomic mass is 10.00. The van der Waals surface area contributed by atoms with Gasteiger partial charge in [0.15, 0.2) is 0 Å². The Labute approximate surface area is 165 Å². The molecule has 1 heterocycles. The first-order valence-electron chi connectivity index (χ1n) is 9.50. The van der Waals surface area contributed by atoms with Gasteiger partial charge in [0, 0.05) is 17.8 Å². The van der Waals surface area contributed by atoms with E-state index in [1.807, 2.05) is 59.5 Å². The van der Waals surface area contributed by atoms with Gasteiger partial charge in [-0.1, -0.05) is 60.7 Å². The van der Waals surface area contributed by atoms with E-state index < -0.39 is 0 Å². The summed E-state index contributed by atoms with van der Waals surface area (Å²) in [4.78, 5) is 14.6. The van der Waals surface area contributed by atoms with Crippen molar-refractivity contribution in [2.24, 2.45) is 0 Å². The molecule has 1 N–H and O–H groups in total. The molecular weight excluding hydrogens is 350 g/mol. The van der Waals surface area contributed by atoms with Crippen LogP contribution in [0.15, 0.2) is 72.8 Å². The predicted molar refractivity (Wildman–Crippen MR) is 110 cm³/mol. The van der Waals surface area contributed by atoms with Crippen molar-refractivity contribution in [3.8, 4) is 11.1 Å². The number of aliphatic hydroxyl groups excluding tert-OH is 1. The molecule has 0 bridgehead atoms. The normalized spacial score (nSPS) is 13.9. The van der Waals surface area contributed by atoms with E-state index in [0.29, 0.717) is 13.2 Å². The fraction of sp³-hybridized carbons (Fsp3) is 0.208. The van der Waals surface area contributed by atoms with E-state index in [1.165, 1.54) is 5.56 Å². The quantitative estimate of drug-likeness (QED) is 0.737. The molecule has 0 unspecified atom stereocenters. The van der Waals surface area contributed by atoms with Crippen molar-refractivity contribution in [2.45, 2.75) is 19.6 Å². The molecule has 0 fully saturated rings. The van der Waals surface area contributed by atoms with Crippen LogP contribution in [0, 0.1) is 0 Å². The molecule has 0 spiro atoms. The van der Waals surface area contributed by atoms with Gasteiger partial charge >= 0.3 is 0 Å². The van der Waals surface area contributed by atoms with E-state index in [2.05, 4.69) is 18.2 Å². The Morgan fingerprint density at radius 3 is 2.46 bits per heavy atom. The fourth-order valence-electron chi connectivity index (χ4n) is 3.56. The smallest absolute Gasteiger partial charge is 0.253 e. The number of hydrogen-bond acceptors (Lipinski definition) is 3. The molecule has 1 amide bonds. The van der Waals surface area contributed by atoms with Crippen LogP contribution in [-0.2, 0) is 29.2 Å². The minimum atomic E-state index is -0.0176. The average molecular weight is 373 g/mol. The minimum Gasteiger partial charge on any atom is -0.392 e. The summed E-state index contributed by atoms with van der Waals surface area (Å²) in [6.45, 7) is 1.15. The van der Waals surface area contributed by atoms with Gasteiger partial charge in [0.05, 0.1) is 13.2 Å². The van der Waals surface area contributed by atoms with E-state index in [4.69, 9.17) is 4.74 Å². The van der Waals surface area contributed by atoms with E-state index in [-0.39, 0.29) is 19.1 Å². The first kappa shape index (κ1) is 18.4. The lowest BCUT2D eigenvalue weighted by Gasteiger charge is -2.23. The van der Waals surface area contributed by atoms with Gasteiger partial charge in [-0.25, -0.2) is 0 Å². The highest BCUT2D eigenvalue weighted by Crippen LogP contribution is 2.31. The average Bonchev–Trinajstić information content (AvgIpc) is 2.90. The van der Waals surface area contributed by atoms with Crippen molar-refractivity contribution in [3.05, 3.63) is 89.5 Å². The van der Waals surface area contributed by atoms with Crippen LogP contribution in [0.5, 0.6) is 0 Å². The van der Waals surface area contributed by atoms with Crippen LogP contribution in [0.3, 0.4) is 0 Å². The van der Waals surface area contributed by atoms with Gasteiger partial charge in [-0.2, -0.15) is 0 Å².